The Bertz CT molecular complexity index is 619. The normalized spacial score (nSPS) is 24.0. The summed E-state index contributed by atoms with van der Waals surface area (Å²) in [5, 5.41) is 13.7. The summed E-state index contributed by atoms with van der Waals surface area (Å²) in [7, 11) is 0. The Balaban J connectivity index is 1.63. The van der Waals surface area contributed by atoms with Crippen LogP contribution in [0.2, 0.25) is 0 Å². The van der Waals surface area contributed by atoms with Gasteiger partial charge >= 0.3 is 6.03 Å². The molecule has 3 rings (SSSR count). The van der Waals surface area contributed by atoms with Gasteiger partial charge in [0.05, 0.1) is 11.0 Å². The molecule has 2 fully saturated rings. The summed E-state index contributed by atoms with van der Waals surface area (Å²) < 4.78 is 5.76. The average Bonchev–Trinajstić information content (AvgIpc) is 2.54. The van der Waals surface area contributed by atoms with E-state index >= 15 is 0 Å². The van der Waals surface area contributed by atoms with Crippen LogP contribution in [0.15, 0.2) is 18.2 Å². The number of nitrogens with one attached hydrogen (secondary N) is 1. The van der Waals surface area contributed by atoms with Gasteiger partial charge in [-0.25, -0.2) is 4.79 Å². The maximum Gasteiger partial charge on any atom is 0.321 e. The average molecular weight is 319 g/mol. The van der Waals surface area contributed by atoms with Crippen LogP contribution in [0.5, 0.6) is 0 Å². The second-order valence-electron chi connectivity index (χ2n) is 6.23. The van der Waals surface area contributed by atoms with Crippen LogP contribution in [0.3, 0.4) is 0 Å². The van der Waals surface area contributed by atoms with Crippen LogP contribution in [0.4, 0.5) is 16.2 Å². The SMILES string of the molecule is Cc1cc(NC(=O)N2CC[C@@H]3OCCC[C@H]3C2)ccc1[N+](=O)[O-]. The molecule has 7 heteroatoms. The highest BCUT2D eigenvalue weighted by Gasteiger charge is 2.33. The summed E-state index contributed by atoms with van der Waals surface area (Å²) in [5.41, 5.74) is 1.18. The minimum absolute atomic E-state index is 0.0585. The number of rotatable bonds is 2. The number of hydrogen-bond acceptors (Lipinski definition) is 4. The number of carbonyl (C=O) groups excluding carboxylic acids is 1. The molecule has 0 spiro atoms. The molecule has 0 aliphatic carbocycles. The Morgan fingerprint density at radius 3 is 3.00 bits per heavy atom. The van der Waals surface area contributed by atoms with Crippen molar-refractivity contribution in [2.24, 2.45) is 5.92 Å². The third-order valence-corrected chi connectivity index (χ3v) is 4.65. The largest absolute Gasteiger partial charge is 0.378 e. The van der Waals surface area contributed by atoms with E-state index < -0.39 is 4.92 Å². The lowest BCUT2D eigenvalue weighted by Crippen LogP contribution is -2.49. The van der Waals surface area contributed by atoms with Crippen molar-refractivity contribution in [1.29, 1.82) is 0 Å². The van der Waals surface area contributed by atoms with E-state index in [0.29, 0.717) is 30.3 Å². The fraction of sp³-hybridized carbons (Fsp3) is 0.562. The number of piperidine rings is 1. The quantitative estimate of drug-likeness (QED) is 0.671. The monoisotopic (exact) mass is 319 g/mol. The first-order valence-electron chi connectivity index (χ1n) is 7.97. The molecule has 2 heterocycles. The Hall–Kier alpha value is -2.15. The third-order valence-electron chi connectivity index (χ3n) is 4.65. The number of nitro benzene ring substituents is 1. The number of nitro groups is 1. The third kappa shape index (κ3) is 3.44. The number of urea groups is 1. The van der Waals surface area contributed by atoms with Gasteiger partial charge in [0.1, 0.15) is 0 Å². The second kappa shape index (κ2) is 6.54. The molecule has 0 saturated carbocycles. The van der Waals surface area contributed by atoms with Gasteiger partial charge in [-0.1, -0.05) is 0 Å². The number of benzene rings is 1. The Morgan fingerprint density at radius 1 is 1.43 bits per heavy atom. The number of fused-ring (bicyclic) bond motifs is 1. The van der Waals surface area contributed by atoms with Crippen molar-refractivity contribution in [2.75, 3.05) is 25.0 Å². The molecule has 2 aliphatic rings. The van der Waals surface area contributed by atoms with Crippen LogP contribution in [0.1, 0.15) is 24.8 Å². The van der Waals surface area contributed by atoms with E-state index in [9.17, 15) is 14.9 Å². The van der Waals surface area contributed by atoms with Crippen molar-refractivity contribution in [1.82, 2.24) is 4.90 Å². The van der Waals surface area contributed by atoms with E-state index in [1.54, 1.807) is 19.1 Å². The van der Waals surface area contributed by atoms with E-state index in [1.807, 2.05) is 4.90 Å². The van der Waals surface area contributed by atoms with Gasteiger partial charge in [0, 0.05) is 42.9 Å². The van der Waals surface area contributed by atoms with E-state index in [2.05, 4.69) is 5.32 Å². The number of likely N-dealkylation sites (tertiary alicyclic amines) is 1. The summed E-state index contributed by atoms with van der Waals surface area (Å²) in [6.07, 6.45) is 3.31. The zero-order chi connectivity index (χ0) is 16.4. The van der Waals surface area contributed by atoms with Crippen molar-refractivity contribution in [3.8, 4) is 0 Å². The topological polar surface area (TPSA) is 84.7 Å². The first kappa shape index (κ1) is 15.7. The zero-order valence-electron chi connectivity index (χ0n) is 13.2. The van der Waals surface area contributed by atoms with Gasteiger partial charge in [-0.3, -0.25) is 10.1 Å². The van der Waals surface area contributed by atoms with E-state index in [-0.39, 0.29) is 17.8 Å². The Labute approximate surface area is 134 Å². The number of aryl methyl sites for hydroxylation is 1. The lowest BCUT2D eigenvalue weighted by molar-refractivity contribution is -0.385. The Kier molecular flexibility index (Phi) is 4.47. The van der Waals surface area contributed by atoms with Crippen LogP contribution in [-0.2, 0) is 4.74 Å². The van der Waals surface area contributed by atoms with Crippen LogP contribution in [-0.4, -0.2) is 41.7 Å². The molecule has 0 unspecified atom stereocenters. The van der Waals surface area contributed by atoms with Crippen LogP contribution in [0.25, 0.3) is 0 Å². The fourth-order valence-electron chi connectivity index (χ4n) is 3.41. The predicted octanol–water partition coefficient (Wildman–Crippen LogP) is 2.94. The van der Waals surface area contributed by atoms with Crippen molar-refractivity contribution < 1.29 is 14.5 Å². The lowest BCUT2D eigenvalue weighted by Gasteiger charge is -2.40. The molecular formula is C16H21N3O4. The summed E-state index contributed by atoms with van der Waals surface area (Å²) in [6.45, 7) is 3.88. The van der Waals surface area contributed by atoms with Gasteiger partial charge in [0.15, 0.2) is 0 Å². The van der Waals surface area contributed by atoms with E-state index in [1.165, 1.54) is 6.07 Å². The molecule has 7 nitrogen and oxygen atoms in total. The molecule has 124 valence electrons. The van der Waals surface area contributed by atoms with Crippen LogP contribution < -0.4 is 5.32 Å². The summed E-state index contributed by atoms with van der Waals surface area (Å²) in [4.78, 5) is 24.6. The number of anilines is 1. The summed E-state index contributed by atoms with van der Waals surface area (Å²) in [6, 6.07) is 4.47. The smallest absolute Gasteiger partial charge is 0.321 e. The van der Waals surface area contributed by atoms with Crippen molar-refractivity contribution in [3.63, 3.8) is 0 Å². The molecule has 2 amide bonds. The lowest BCUT2D eigenvalue weighted by atomic mass is 9.89. The molecular weight excluding hydrogens is 298 g/mol. The molecule has 0 radical (unpaired) electrons. The number of ether oxygens (including phenoxy) is 1. The van der Waals surface area contributed by atoms with E-state index in [0.717, 1.165) is 25.9 Å². The highest BCUT2D eigenvalue weighted by atomic mass is 16.6. The van der Waals surface area contributed by atoms with Crippen molar-refractivity contribution >= 4 is 17.4 Å². The molecule has 1 aromatic rings. The molecule has 1 N–H and O–H groups in total. The maximum absolute atomic E-state index is 12.4. The van der Waals surface area contributed by atoms with Gasteiger partial charge in [0.25, 0.3) is 5.69 Å². The summed E-state index contributed by atoms with van der Waals surface area (Å²) in [5.74, 6) is 0.418. The molecule has 23 heavy (non-hydrogen) atoms. The van der Waals surface area contributed by atoms with Crippen molar-refractivity contribution in [2.45, 2.75) is 32.3 Å². The highest BCUT2D eigenvalue weighted by molar-refractivity contribution is 5.89. The van der Waals surface area contributed by atoms with Gasteiger partial charge in [-0.15, -0.1) is 0 Å². The number of hydrogen-bond donors (Lipinski definition) is 1. The molecule has 1 aromatic carbocycles. The van der Waals surface area contributed by atoms with E-state index in [4.69, 9.17) is 4.74 Å². The number of nitrogens with zero attached hydrogens (tertiary/aromatic N) is 2. The van der Waals surface area contributed by atoms with Crippen molar-refractivity contribution in [3.05, 3.63) is 33.9 Å². The minimum atomic E-state index is -0.422. The molecule has 2 aliphatic heterocycles. The molecule has 2 atom stereocenters. The van der Waals surface area contributed by atoms with Crippen LogP contribution >= 0.6 is 0 Å². The maximum atomic E-state index is 12.4. The summed E-state index contributed by atoms with van der Waals surface area (Å²) >= 11 is 0. The zero-order valence-corrected chi connectivity index (χ0v) is 13.2. The number of carbonyl (C=O) groups is 1. The second-order valence-corrected chi connectivity index (χ2v) is 6.23. The molecule has 0 bridgehead atoms. The first-order chi connectivity index (χ1) is 11.0. The van der Waals surface area contributed by atoms with Gasteiger partial charge in [0.2, 0.25) is 0 Å². The predicted molar refractivity (Wildman–Crippen MR) is 85.5 cm³/mol. The highest BCUT2D eigenvalue weighted by Crippen LogP contribution is 2.29. The van der Waals surface area contributed by atoms with Gasteiger partial charge in [-0.05, 0) is 38.3 Å². The fourth-order valence-corrected chi connectivity index (χ4v) is 3.41. The first-order valence-corrected chi connectivity index (χ1v) is 7.97. The van der Waals surface area contributed by atoms with Gasteiger partial charge < -0.3 is 15.0 Å². The minimum Gasteiger partial charge on any atom is -0.378 e. The molecule has 2 saturated heterocycles. The standard InChI is InChI=1S/C16H21N3O4/c1-11-9-13(4-5-14(11)19(21)22)17-16(20)18-7-6-15-12(10-18)3-2-8-23-15/h4-5,9,12,15H,2-3,6-8,10H2,1H3,(H,17,20)/t12-,15-/m0/s1. The van der Waals surface area contributed by atoms with Gasteiger partial charge in [-0.2, -0.15) is 0 Å². The van der Waals surface area contributed by atoms with Crippen LogP contribution in [0, 0.1) is 23.0 Å². The number of amides is 2. The molecule has 0 aromatic heterocycles. The Morgan fingerprint density at radius 2 is 2.26 bits per heavy atom.